The topological polar surface area (TPSA) is 59.5 Å². The maximum Gasteiger partial charge on any atom is 0.289 e. The lowest BCUT2D eigenvalue weighted by Gasteiger charge is -2.34. The molecule has 0 radical (unpaired) electrons. The Morgan fingerprint density at radius 2 is 2.33 bits per heavy atom. The molecule has 1 aliphatic rings. The fourth-order valence-corrected chi connectivity index (χ4v) is 3.13. The largest absolute Gasteiger partial charge is 0.449 e. The van der Waals surface area contributed by atoms with Crippen LogP contribution in [-0.4, -0.2) is 29.9 Å². The van der Waals surface area contributed by atoms with Gasteiger partial charge in [-0.2, -0.15) is 0 Å². The first-order valence-corrected chi connectivity index (χ1v) is 7.67. The van der Waals surface area contributed by atoms with Crippen molar-refractivity contribution >= 4 is 28.5 Å². The summed E-state index contributed by atoms with van der Waals surface area (Å²) in [5, 5.41) is 1.38. The molecule has 0 spiro atoms. The third-order valence-electron chi connectivity index (χ3n) is 4.20. The summed E-state index contributed by atoms with van der Waals surface area (Å²) in [6.45, 7) is 3.45. The lowest BCUT2D eigenvalue weighted by Crippen LogP contribution is -2.44. The van der Waals surface area contributed by atoms with E-state index in [-0.39, 0.29) is 11.9 Å². The summed E-state index contributed by atoms with van der Waals surface area (Å²) in [6.07, 6.45) is 2.06. The van der Waals surface area contributed by atoms with Crippen LogP contribution in [0.1, 0.15) is 30.3 Å². The summed E-state index contributed by atoms with van der Waals surface area (Å²) in [5.74, 6) is 0.631. The zero-order chi connectivity index (χ0) is 15.0. The first-order valence-electron chi connectivity index (χ1n) is 7.29. The maximum atomic E-state index is 12.6. The van der Waals surface area contributed by atoms with Crippen LogP contribution >= 0.6 is 11.6 Å². The molecule has 0 saturated carbocycles. The van der Waals surface area contributed by atoms with E-state index in [4.69, 9.17) is 21.8 Å². The SMILES string of the molecule is C[C@H](N)[C@@H]1CCCN(C(=O)c2cc3cccc(Cl)c3o2)C1. The molecule has 5 heteroatoms. The predicted octanol–water partition coefficient (Wildman–Crippen LogP) is 3.29. The molecule has 0 aliphatic carbocycles. The van der Waals surface area contributed by atoms with Gasteiger partial charge in [0.15, 0.2) is 11.3 Å². The lowest BCUT2D eigenvalue weighted by molar-refractivity contribution is 0.0631. The van der Waals surface area contributed by atoms with Gasteiger partial charge in [-0.05, 0) is 37.8 Å². The van der Waals surface area contributed by atoms with E-state index in [1.54, 1.807) is 12.1 Å². The van der Waals surface area contributed by atoms with Gasteiger partial charge in [-0.15, -0.1) is 0 Å². The number of nitrogens with two attached hydrogens (primary N) is 1. The van der Waals surface area contributed by atoms with Crippen LogP contribution < -0.4 is 5.73 Å². The van der Waals surface area contributed by atoms with Crippen molar-refractivity contribution in [1.29, 1.82) is 0 Å². The van der Waals surface area contributed by atoms with Crippen LogP contribution in [0, 0.1) is 5.92 Å². The summed E-state index contributed by atoms with van der Waals surface area (Å²) in [7, 11) is 0. The highest BCUT2D eigenvalue weighted by molar-refractivity contribution is 6.34. The van der Waals surface area contributed by atoms with Gasteiger partial charge < -0.3 is 15.1 Å². The number of furan rings is 1. The Morgan fingerprint density at radius 1 is 1.52 bits per heavy atom. The summed E-state index contributed by atoms with van der Waals surface area (Å²) < 4.78 is 5.66. The van der Waals surface area contributed by atoms with Crippen LogP contribution in [0.15, 0.2) is 28.7 Å². The highest BCUT2D eigenvalue weighted by Gasteiger charge is 2.28. The van der Waals surface area contributed by atoms with Gasteiger partial charge in [0.1, 0.15) is 0 Å². The molecule has 112 valence electrons. The van der Waals surface area contributed by atoms with Crippen molar-refractivity contribution in [2.75, 3.05) is 13.1 Å². The fraction of sp³-hybridized carbons (Fsp3) is 0.438. The van der Waals surface area contributed by atoms with Crippen molar-refractivity contribution in [2.24, 2.45) is 11.7 Å². The molecule has 3 rings (SSSR count). The number of fused-ring (bicyclic) bond motifs is 1. The van der Waals surface area contributed by atoms with Gasteiger partial charge in [-0.25, -0.2) is 0 Å². The van der Waals surface area contributed by atoms with Gasteiger partial charge in [-0.3, -0.25) is 4.79 Å². The minimum atomic E-state index is -0.0763. The van der Waals surface area contributed by atoms with E-state index in [1.807, 2.05) is 24.0 Å². The lowest BCUT2D eigenvalue weighted by atomic mass is 9.92. The van der Waals surface area contributed by atoms with E-state index in [0.29, 0.717) is 28.8 Å². The Labute approximate surface area is 128 Å². The average Bonchev–Trinajstić information content (AvgIpc) is 2.92. The molecule has 1 aromatic heterocycles. The molecule has 2 heterocycles. The molecule has 1 saturated heterocycles. The summed E-state index contributed by atoms with van der Waals surface area (Å²) in [5.41, 5.74) is 6.54. The second-order valence-electron chi connectivity index (χ2n) is 5.78. The number of nitrogens with zero attached hydrogens (tertiary/aromatic N) is 1. The van der Waals surface area contributed by atoms with Gasteiger partial charge in [-0.1, -0.05) is 23.7 Å². The second kappa shape index (κ2) is 5.70. The molecule has 2 N–H and O–H groups in total. The zero-order valence-electron chi connectivity index (χ0n) is 12.0. The normalized spacial score (nSPS) is 20.7. The Morgan fingerprint density at radius 3 is 3.05 bits per heavy atom. The van der Waals surface area contributed by atoms with Crippen LogP contribution in [0.5, 0.6) is 0 Å². The second-order valence-corrected chi connectivity index (χ2v) is 6.19. The minimum absolute atomic E-state index is 0.0763. The maximum absolute atomic E-state index is 12.6. The van der Waals surface area contributed by atoms with Gasteiger partial charge in [0, 0.05) is 24.5 Å². The fourth-order valence-electron chi connectivity index (χ4n) is 2.91. The van der Waals surface area contributed by atoms with Crippen LogP contribution in [-0.2, 0) is 0 Å². The van der Waals surface area contributed by atoms with Crippen LogP contribution in [0.2, 0.25) is 5.02 Å². The highest BCUT2D eigenvalue weighted by atomic mass is 35.5. The Kier molecular flexibility index (Phi) is 3.91. The van der Waals surface area contributed by atoms with Gasteiger partial charge in [0.05, 0.1) is 5.02 Å². The molecular formula is C16H19ClN2O2. The zero-order valence-corrected chi connectivity index (χ0v) is 12.8. The molecule has 0 bridgehead atoms. The van der Waals surface area contributed by atoms with Crippen molar-refractivity contribution in [2.45, 2.75) is 25.8 Å². The highest BCUT2D eigenvalue weighted by Crippen LogP contribution is 2.28. The van der Waals surface area contributed by atoms with E-state index in [0.717, 1.165) is 24.8 Å². The Hall–Kier alpha value is -1.52. The Bertz CT molecular complexity index is 665. The van der Waals surface area contributed by atoms with E-state index in [1.165, 1.54) is 0 Å². The van der Waals surface area contributed by atoms with Gasteiger partial charge in [0.2, 0.25) is 0 Å². The standard InChI is InChI=1S/C16H19ClN2O2/c1-10(18)12-5-3-7-19(9-12)16(20)14-8-11-4-2-6-13(17)15(11)21-14/h2,4,6,8,10,12H,3,5,7,9,18H2,1H3/t10-,12+/m0/s1. The molecule has 2 atom stereocenters. The molecule has 1 amide bonds. The Balaban J connectivity index is 1.84. The van der Waals surface area contributed by atoms with Crippen LogP contribution in [0.4, 0.5) is 0 Å². The number of piperidine rings is 1. The quantitative estimate of drug-likeness (QED) is 0.926. The molecular weight excluding hydrogens is 288 g/mol. The predicted molar refractivity (Wildman–Crippen MR) is 83.5 cm³/mol. The van der Waals surface area contributed by atoms with Crippen LogP contribution in [0.25, 0.3) is 11.0 Å². The number of hydrogen-bond donors (Lipinski definition) is 1. The summed E-state index contributed by atoms with van der Waals surface area (Å²) in [6, 6.07) is 7.36. The number of carbonyl (C=O) groups excluding carboxylic acids is 1. The van der Waals surface area contributed by atoms with Crippen molar-refractivity contribution in [3.8, 4) is 0 Å². The number of amides is 1. The van der Waals surface area contributed by atoms with E-state index in [9.17, 15) is 4.79 Å². The van der Waals surface area contributed by atoms with Crippen molar-refractivity contribution in [3.05, 3.63) is 35.0 Å². The third-order valence-corrected chi connectivity index (χ3v) is 4.49. The first-order chi connectivity index (χ1) is 10.1. The molecule has 0 unspecified atom stereocenters. The number of rotatable bonds is 2. The molecule has 2 aromatic rings. The summed E-state index contributed by atoms with van der Waals surface area (Å²) >= 11 is 6.09. The van der Waals surface area contributed by atoms with Gasteiger partial charge >= 0.3 is 0 Å². The van der Waals surface area contributed by atoms with Gasteiger partial charge in [0.25, 0.3) is 5.91 Å². The number of para-hydroxylation sites is 1. The van der Waals surface area contributed by atoms with E-state index < -0.39 is 0 Å². The molecule has 4 nitrogen and oxygen atoms in total. The van der Waals surface area contributed by atoms with E-state index in [2.05, 4.69) is 0 Å². The summed E-state index contributed by atoms with van der Waals surface area (Å²) in [4.78, 5) is 14.4. The molecule has 1 aliphatic heterocycles. The molecule has 1 fully saturated rings. The monoisotopic (exact) mass is 306 g/mol. The van der Waals surface area contributed by atoms with E-state index >= 15 is 0 Å². The van der Waals surface area contributed by atoms with Crippen molar-refractivity contribution < 1.29 is 9.21 Å². The number of hydrogen-bond acceptors (Lipinski definition) is 3. The number of halogens is 1. The third kappa shape index (κ3) is 2.78. The smallest absolute Gasteiger partial charge is 0.289 e. The van der Waals surface area contributed by atoms with Crippen LogP contribution in [0.3, 0.4) is 0 Å². The van der Waals surface area contributed by atoms with Crippen molar-refractivity contribution in [1.82, 2.24) is 4.90 Å². The average molecular weight is 307 g/mol. The number of carbonyl (C=O) groups is 1. The number of benzene rings is 1. The molecule has 1 aromatic carbocycles. The minimum Gasteiger partial charge on any atom is -0.449 e. The van der Waals surface area contributed by atoms with Crippen molar-refractivity contribution in [3.63, 3.8) is 0 Å². The first kappa shape index (κ1) is 14.4. The molecule has 21 heavy (non-hydrogen) atoms. The number of likely N-dealkylation sites (tertiary alicyclic amines) is 1.